The van der Waals surface area contributed by atoms with Gasteiger partial charge in [0.15, 0.2) is 0 Å². The Hall–Kier alpha value is -1.72. The summed E-state index contributed by atoms with van der Waals surface area (Å²) in [7, 11) is 0. The van der Waals surface area contributed by atoms with Crippen LogP contribution in [0.15, 0.2) is 30.3 Å². The molecular weight excluding hydrogens is 342 g/mol. The Labute approximate surface area is 151 Å². The maximum absolute atomic E-state index is 12.0. The van der Waals surface area contributed by atoms with E-state index < -0.39 is 0 Å². The van der Waals surface area contributed by atoms with Crippen LogP contribution in [0.4, 0.5) is 16.2 Å². The summed E-state index contributed by atoms with van der Waals surface area (Å²) in [6.45, 7) is 4.69. The van der Waals surface area contributed by atoms with E-state index in [0.717, 1.165) is 23.7 Å². The highest BCUT2D eigenvalue weighted by atomic mass is 35.5. The molecule has 1 aromatic heterocycles. The Balaban J connectivity index is 1.56. The van der Waals surface area contributed by atoms with E-state index in [1.54, 1.807) is 11.3 Å². The molecule has 2 amide bonds. The fourth-order valence-corrected chi connectivity index (χ4v) is 4.03. The van der Waals surface area contributed by atoms with Crippen LogP contribution < -0.4 is 15.5 Å². The third-order valence-corrected chi connectivity index (χ3v) is 5.42. The number of urea groups is 1. The molecule has 1 saturated heterocycles. The molecule has 6 heteroatoms. The Morgan fingerprint density at radius 3 is 2.67 bits per heavy atom. The molecule has 128 valence electrons. The number of rotatable bonds is 4. The Morgan fingerprint density at radius 2 is 2.00 bits per heavy atom. The lowest BCUT2D eigenvalue weighted by Gasteiger charge is -2.29. The summed E-state index contributed by atoms with van der Waals surface area (Å²) in [4.78, 5) is 16.7. The van der Waals surface area contributed by atoms with E-state index in [4.69, 9.17) is 11.6 Å². The normalized spacial score (nSPS) is 14.5. The number of hydrogen-bond donors (Lipinski definition) is 2. The van der Waals surface area contributed by atoms with Crippen LogP contribution in [-0.4, -0.2) is 19.1 Å². The van der Waals surface area contributed by atoms with Crippen molar-refractivity contribution >= 4 is 40.3 Å². The second kappa shape index (κ2) is 7.90. The number of anilines is 2. The zero-order chi connectivity index (χ0) is 16.9. The highest BCUT2D eigenvalue weighted by Gasteiger charge is 2.14. The van der Waals surface area contributed by atoms with Gasteiger partial charge >= 0.3 is 6.03 Å². The molecule has 0 bridgehead atoms. The van der Waals surface area contributed by atoms with Crippen LogP contribution in [0.2, 0.25) is 5.02 Å². The lowest BCUT2D eigenvalue weighted by molar-refractivity contribution is 0.252. The molecule has 1 aliphatic heterocycles. The number of carbonyl (C=O) groups excluding carboxylic acids is 1. The Bertz CT molecular complexity index is 710. The van der Waals surface area contributed by atoms with Gasteiger partial charge in [0.25, 0.3) is 0 Å². The van der Waals surface area contributed by atoms with Crippen LogP contribution in [0.5, 0.6) is 0 Å². The van der Waals surface area contributed by atoms with Gasteiger partial charge in [-0.25, -0.2) is 4.79 Å². The number of amides is 2. The van der Waals surface area contributed by atoms with Crippen LogP contribution in [0, 0.1) is 6.92 Å². The van der Waals surface area contributed by atoms with Crippen LogP contribution in [-0.2, 0) is 6.54 Å². The molecule has 1 fully saturated rings. The number of benzene rings is 1. The number of hydrogen-bond acceptors (Lipinski definition) is 3. The Kier molecular flexibility index (Phi) is 5.63. The van der Waals surface area contributed by atoms with Gasteiger partial charge in [0, 0.05) is 28.5 Å². The fourth-order valence-electron chi connectivity index (χ4n) is 2.90. The predicted molar refractivity (Wildman–Crippen MR) is 102 cm³/mol. The van der Waals surface area contributed by atoms with Gasteiger partial charge in [-0.3, -0.25) is 0 Å². The van der Waals surface area contributed by atoms with Gasteiger partial charge in [0.05, 0.1) is 17.3 Å². The molecule has 2 aromatic rings. The van der Waals surface area contributed by atoms with E-state index in [2.05, 4.69) is 28.5 Å². The standard InChI is InChI=1S/C18H22ClN3OS/c1-13-5-7-15(24-13)12-20-18(23)21-14-6-8-17(16(19)11-14)22-9-3-2-4-10-22/h5-8,11H,2-4,9-10,12H2,1H3,(H2,20,21,23). The van der Waals surface area contributed by atoms with Crippen molar-refractivity contribution in [3.8, 4) is 0 Å². The van der Waals surface area contributed by atoms with E-state index in [0.29, 0.717) is 17.3 Å². The number of carbonyl (C=O) groups is 1. The molecule has 0 saturated carbocycles. The number of thiophene rings is 1. The van der Waals surface area contributed by atoms with Crippen LogP contribution >= 0.6 is 22.9 Å². The molecular formula is C18H22ClN3OS. The number of halogens is 1. The molecule has 0 unspecified atom stereocenters. The first-order chi connectivity index (χ1) is 11.6. The van der Waals surface area contributed by atoms with Crippen LogP contribution in [0.1, 0.15) is 29.0 Å². The van der Waals surface area contributed by atoms with Gasteiger partial charge in [0.1, 0.15) is 0 Å². The van der Waals surface area contributed by atoms with Crippen molar-refractivity contribution in [3.63, 3.8) is 0 Å². The molecule has 0 atom stereocenters. The van der Waals surface area contributed by atoms with Gasteiger partial charge in [-0.1, -0.05) is 11.6 Å². The number of nitrogens with zero attached hydrogens (tertiary/aromatic N) is 1. The van der Waals surface area contributed by atoms with Crippen molar-refractivity contribution in [1.82, 2.24) is 5.32 Å². The molecule has 4 nitrogen and oxygen atoms in total. The lowest BCUT2D eigenvalue weighted by Crippen LogP contribution is -2.30. The topological polar surface area (TPSA) is 44.4 Å². The molecule has 2 heterocycles. The van der Waals surface area contributed by atoms with Crippen molar-refractivity contribution in [3.05, 3.63) is 45.1 Å². The first-order valence-corrected chi connectivity index (χ1v) is 9.46. The molecule has 1 aromatic carbocycles. The summed E-state index contributed by atoms with van der Waals surface area (Å²) in [5.41, 5.74) is 1.76. The van der Waals surface area contributed by atoms with E-state index in [9.17, 15) is 4.79 Å². The summed E-state index contributed by atoms with van der Waals surface area (Å²) in [6, 6.07) is 9.59. The quantitative estimate of drug-likeness (QED) is 0.800. The maximum Gasteiger partial charge on any atom is 0.319 e. The second-order valence-corrected chi connectivity index (χ2v) is 7.81. The summed E-state index contributed by atoms with van der Waals surface area (Å²) in [5.74, 6) is 0. The van der Waals surface area contributed by atoms with Crippen molar-refractivity contribution in [2.45, 2.75) is 32.7 Å². The Morgan fingerprint density at radius 1 is 1.21 bits per heavy atom. The SMILES string of the molecule is Cc1ccc(CNC(=O)Nc2ccc(N3CCCCC3)c(Cl)c2)s1. The number of aryl methyl sites for hydroxylation is 1. The number of nitrogens with one attached hydrogen (secondary N) is 2. The first-order valence-electron chi connectivity index (χ1n) is 8.26. The second-order valence-electron chi connectivity index (χ2n) is 6.03. The summed E-state index contributed by atoms with van der Waals surface area (Å²) < 4.78 is 0. The average molecular weight is 364 g/mol. The van der Waals surface area contributed by atoms with Gasteiger partial charge in [-0.2, -0.15) is 0 Å². The van der Waals surface area contributed by atoms with E-state index in [-0.39, 0.29) is 6.03 Å². The molecule has 3 rings (SSSR count). The minimum atomic E-state index is -0.220. The molecule has 1 aliphatic rings. The van der Waals surface area contributed by atoms with E-state index in [1.807, 2.05) is 24.3 Å². The first kappa shape index (κ1) is 17.1. The third kappa shape index (κ3) is 4.42. The smallest absolute Gasteiger partial charge is 0.319 e. The molecule has 0 radical (unpaired) electrons. The van der Waals surface area contributed by atoms with Crippen molar-refractivity contribution in [2.75, 3.05) is 23.3 Å². The zero-order valence-corrected chi connectivity index (χ0v) is 15.3. The molecule has 2 N–H and O–H groups in total. The summed E-state index contributed by atoms with van der Waals surface area (Å²) in [5, 5.41) is 6.39. The fraction of sp³-hybridized carbons (Fsp3) is 0.389. The third-order valence-electron chi connectivity index (χ3n) is 4.12. The zero-order valence-electron chi connectivity index (χ0n) is 13.8. The number of piperidine rings is 1. The summed E-state index contributed by atoms with van der Waals surface area (Å²) >= 11 is 8.10. The molecule has 24 heavy (non-hydrogen) atoms. The van der Waals surface area contributed by atoms with Gasteiger partial charge in [-0.15, -0.1) is 11.3 Å². The summed E-state index contributed by atoms with van der Waals surface area (Å²) in [6.07, 6.45) is 3.71. The monoisotopic (exact) mass is 363 g/mol. The van der Waals surface area contributed by atoms with Crippen molar-refractivity contribution in [2.24, 2.45) is 0 Å². The minimum absolute atomic E-state index is 0.220. The van der Waals surface area contributed by atoms with E-state index >= 15 is 0 Å². The average Bonchev–Trinajstić information content (AvgIpc) is 2.99. The predicted octanol–water partition coefficient (Wildman–Crippen LogP) is 5.02. The van der Waals surface area contributed by atoms with Crippen LogP contribution in [0.25, 0.3) is 0 Å². The highest BCUT2D eigenvalue weighted by molar-refractivity contribution is 7.11. The van der Waals surface area contributed by atoms with Gasteiger partial charge in [-0.05, 0) is 56.5 Å². The lowest BCUT2D eigenvalue weighted by atomic mass is 10.1. The van der Waals surface area contributed by atoms with Crippen molar-refractivity contribution in [1.29, 1.82) is 0 Å². The maximum atomic E-state index is 12.0. The minimum Gasteiger partial charge on any atom is -0.370 e. The highest BCUT2D eigenvalue weighted by Crippen LogP contribution is 2.30. The largest absolute Gasteiger partial charge is 0.370 e. The van der Waals surface area contributed by atoms with Gasteiger partial charge < -0.3 is 15.5 Å². The van der Waals surface area contributed by atoms with Crippen LogP contribution in [0.3, 0.4) is 0 Å². The molecule has 0 aliphatic carbocycles. The van der Waals surface area contributed by atoms with Gasteiger partial charge in [0.2, 0.25) is 0 Å². The van der Waals surface area contributed by atoms with Crippen molar-refractivity contribution < 1.29 is 4.79 Å². The molecule has 0 spiro atoms. The van der Waals surface area contributed by atoms with E-state index in [1.165, 1.54) is 24.1 Å².